The number of amides is 2. The number of fused-ring (bicyclic) bond motifs is 3. The number of hydrogen-bond donors (Lipinski definition) is 2. The summed E-state index contributed by atoms with van der Waals surface area (Å²) in [6.07, 6.45) is 0.617. The van der Waals surface area contributed by atoms with Crippen LogP contribution >= 0.6 is 11.3 Å². The van der Waals surface area contributed by atoms with E-state index in [0.29, 0.717) is 53.5 Å². The van der Waals surface area contributed by atoms with Crippen molar-refractivity contribution in [3.63, 3.8) is 0 Å². The van der Waals surface area contributed by atoms with Crippen LogP contribution in [0.4, 0.5) is 23.4 Å². The van der Waals surface area contributed by atoms with Gasteiger partial charge in [-0.05, 0) is 92.0 Å². The summed E-state index contributed by atoms with van der Waals surface area (Å²) in [5.41, 5.74) is -0.888. The number of halogens is 2. The number of anilines is 1. The molecule has 13 nitrogen and oxygen atoms in total. The highest BCUT2D eigenvalue weighted by atomic mass is 32.1. The number of likely N-dealkylation sites (N-methyl/N-ethyl adjacent to an activating group) is 1. The second-order valence-corrected chi connectivity index (χ2v) is 18.5. The molecule has 1 aromatic heterocycles. The Morgan fingerprint density at radius 3 is 2.53 bits per heavy atom. The van der Waals surface area contributed by atoms with E-state index < -0.39 is 40.9 Å². The fraction of sp³-hybridized carbons (Fsp3) is 0.524. The van der Waals surface area contributed by atoms with Gasteiger partial charge in [0.1, 0.15) is 46.1 Å². The van der Waals surface area contributed by atoms with Gasteiger partial charge in [-0.15, -0.1) is 11.3 Å². The highest BCUT2D eigenvalue weighted by molar-refractivity contribution is 7.23. The number of hydrogen-bond acceptors (Lipinski definition) is 11. The zero-order chi connectivity index (χ0) is 41.9. The molecule has 0 radical (unpaired) electrons. The van der Waals surface area contributed by atoms with Gasteiger partial charge in [0.2, 0.25) is 11.2 Å². The first-order valence-corrected chi connectivity index (χ1v) is 20.3. The van der Waals surface area contributed by atoms with E-state index in [2.05, 4.69) is 27.7 Å². The van der Waals surface area contributed by atoms with Crippen molar-refractivity contribution in [1.29, 1.82) is 10.5 Å². The van der Waals surface area contributed by atoms with Gasteiger partial charge in [-0.1, -0.05) is 6.07 Å². The van der Waals surface area contributed by atoms with Gasteiger partial charge >= 0.3 is 18.2 Å². The molecule has 2 amide bonds. The fourth-order valence-corrected chi connectivity index (χ4v) is 9.73. The quantitative estimate of drug-likeness (QED) is 0.308. The Bertz CT molecular complexity index is 2440. The molecule has 2 N–H and O–H groups in total. The van der Waals surface area contributed by atoms with E-state index in [0.717, 1.165) is 30.7 Å². The number of carbonyl (C=O) groups excluding carboxylic acids is 2. The molecule has 3 fully saturated rings. The summed E-state index contributed by atoms with van der Waals surface area (Å²) in [4.78, 5) is 31.9. The Morgan fingerprint density at radius 1 is 1.10 bits per heavy atom. The highest BCUT2D eigenvalue weighted by Gasteiger charge is 2.50. The van der Waals surface area contributed by atoms with Crippen LogP contribution in [-0.4, -0.2) is 101 Å². The topological polar surface area (TPSA) is 157 Å². The smallest absolute Gasteiger partial charge is 0.444 e. The van der Waals surface area contributed by atoms with Gasteiger partial charge in [-0.25, -0.2) is 18.4 Å². The zero-order valence-corrected chi connectivity index (χ0v) is 34.9. The number of carbonyl (C=O) groups is 2. The largest absolute Gasteiger partial charge is 0.554 e. The second-order valence-electron chi connectivity index (χ2n) is 17.5. The summed E-state index contributed by atoms with van der Waals surface area (Å²) in [5.74, 6) is -0.0131. The van der Waals surface area contributed by atoms with Crippen molar-refractivity contribution >= 4 is 50.5 Å². The number of ether oxygens (including phenoxy) is 3. The van der Waals surface area contributed by atoms with Gasteiger partial charge < -0.3 is 24.0 Å². The van der Waals surface area contributed by atoms with E-state index in [-0.39, 0.29) is 50.9 Å². The van der Waals surface area contributed by atoms with Crippen LogP contribution in [0.2, 0.25) is 0 Å². The maximum Gasteiger partial charge on any atom is 0.554 e. The molecule has 3 aromatic rings. The average molecular weight is 816 g/mol. The van der Waals surface area contributed by atoms with Crippen LogP contribution < -0.4 is 25.9 Å². The minimum absolute atomic E-state index is 0.0241. The molecule has 58 heavy (non-hydrogen) atoms. The van der Waals surface area contributed by atoms with Crippen molar-refractivity contribution in [2.24, 2.45) is 0 Å². The molecular formula is C42H49F2N8O5S+. The summed E-state index contributed by atoms with van der Waals surface area (Å²) in [5, 5.41) is 28.4. The first-order valence-electron chi connectivity index (χ1n) is 19.5. The Hall–Kier alpha value is -5.41. The Balaban J connectivity index is 1.35. The number of thiophene rings is 1. The first-order chi connectivity index (χ1) is 27.3. The van der Waals surface area contributed by atoms with Crippen LogP contribution in [0.3, 0.4) is 0 Å². The van der Waals surface area contributed by atoms with Crippen molar-refractivity contribution in [1.82, 2.24) is 24.7 Å². The molecule has 7 rings (SSSR count). The third-order valence-electron chi connectivity index (χ3n) is 11.2. The molecule has 0 bridgehead atoms. The zero-order valence-electron chi connectivity index (χ0n) is 34.1. The molecule has 5 heterocycles. The molecule has 16 heteroatoms. The number of nitrogens with one attached hydrogen (secondary N) is 2. The molecule has 3 saturated heterocycles. The van der Waals surface area contributed by atoms with E-state index in [9.17, 15) is 24.5 Å². The molecule has 0 saturated carbocycles. The summed E-state index contributed by atoms with van der Waals surface area (Å²) in [7, 11) is 1.91. The molecule has 2 aromatic carbocycles. The van der Waals surface area contributed by atoms with Gasteiger partial charge in [0.05, 0.1) is 39.5 Å². The van der Waals surface area contributed by atoms with Gasteiger partial charge in [0.25, 0.3) is 0 Å². The molecule has 4 aliphatic heterocycles. The molecule has 0 unspecified atom stereocenters. The number of rotatable bonds is 6. The summed E-state index contributed by atoms with van der Waals surface area (Å²) >= 11 is 0.902. The maximum absolute atomic E-state index is 15.5. The molecule has 306 valence electrons. The fourth-order valence-electron chi connectivity index (χ4n) is 8.66. The Labute approximate surface area is 340 Å². The van der Waals surface area contributed by atoms with Gasteiger partial charge in [0.15, 0.2) is 0 Å². The van der Waals surface area contributed by atoms with E-state index >= 15 is 4.39 Å². The van der Waals surface area contributed by atoms with Crippen molar-refractivity contribution < 1.29 is 32.6 Å². The third kappa shape index (κ3) is 7.76. The minimum Gasteiger partial charge on any atom is -0.444 e. The molecule has 0 aliphatic carbocycles. The van der Waals surface area contributed by atoms with Crippen LogP contribution in [0.25, 0.3) is 27.0 Å². The van der Waals surface area contributed by atoms with E-state index in [1.54, 1.807) is 37.8 Å². The highest BCUT2D eigenvalue weighted by Crippen LogP contribution is 2.43. The van der Waals surface area contributed by atoms with E-state index in [4.69, 9.17) is 18.9 Å². The Morgan fingerprint density at radius 2 is 1.84 bits per heavy atom. The lowest BCUT2D eigenvalue weighted by molar-refractivity contribution is 0.0217. The molecular weight excluding hydrogens is 767 g/mol. The Kier molecular flexibility index (Phi) is 10.6. The summed E-state index contributed by atoms with van der Waals surface area (Å²) < 4.78 is 52.8. The molecule has 4 aliphatic rings. The van der Waals surface area contributed by atoms with Crippen molar-refractivity contribution in [2.75, 3.05) is 38.6 Å². The average Bonchev–Trinajstić information content (AvgIpc) is 3.89. The van der Waals surface area contributed by atoms with Gasteiger partial charge in [-0.3, -0.25) is 10.2 Å². The lowest BCUT2D eigenvalue weighted by atomic mass is 9.94. The van der Waals surface area contributed by atoms with Crippen LogP contribution in [0.15, 0.2) is 24.3 Å². The second kappa shape index (κ2) is 15.1. The number of amidine groups is 1. The SMILES string of the molecule is C[C@@H]1[C@H](N(C)C2=c3cc(C#N)c(-c4ccc(F)c5sc(NC(=O)OC(C)(C)C)c(C#N)c45)cc3=[N+]=C(OC[C@@]34CCCN3C[C@H](F)C4)N2)CCN1C(=O)OC(C)(C)C. The lowest BCUT2D eigenvalue weighted by Gasteiger charge is -2.33. The minimum atomic E-state index is -0.939. The number of nitrogens with zero attached hydrogens (tertiary/aromatic N) is 6. The van der Waals surface area contributed by atoms with Crippen molar-refractivity contribution in [3.8, 4) is 23.3 Å². The van der Waals surface area contributed by atoms with E-state index in [1.165, 1.54) is 12.1 Å². The molecule has 0 spiro atoms. The third-order valence-corrected chi connectivity index (χ3v) is 12.3. The van der Waals surface area contributed by atoms with Gasteiger partial charge in [0, 0.05) is 43.6 Å². The van der Waals surface area contributed by atoms with Crippen LogP contribution in [0, 0.1) is 28.5 Å². The maximum atomic E-state index is 15.5. The van der Waals surface area contributed by atoms with Crippen LogP contribution in [0.1, 0.15) is 85.3 Å². The van der Waals surface area contributed by atoms with Crippen molar-refractivity contribution in [3.05, 3.63) is 51.8 Å². The van der Waals surface area contributed by atoms with E-state index in [1.807, 2.05) is 39.6 Å². The number of nitriles is 2. The summed E-state index contributed by atoms with van der Waals surface area (Å²) in [6, 6.07) is 10.4. The summed E-state index contributed by atoms with van der Waals surface area (Å²) in [6.45, 7) is 14.4. The predicted octanol–water partition coefficient (Wildman–Crippen LogP) is 5.43. The standard InChI is InChI=1S/C42H48F2N8O5S/c1-23-32(12-15-52(23)39(54)57-41(5,6)7)50(8)35-28-16-24(19-45)27(17-31(28)47-37(48-35)55-22-42-13-9-14-51(42)21-25(43)18-42)26-10-11-30(44)34-33(26)29(20-46)36(58-34)49-38(53)56-40(2,3)4/h10-11,16-17,23,25,32H,9,12-15,18,21-22H2,1-8H3,(H,47,48,49,53)/p+1/t23-,25-,32-,42+/m1/s1. The monoisotopic (exact) mass is 815 g/mol. The van der Waals surface area contributed by atoms with Gasteiger partial charge in [-0.2, -0.15) is 20.5 Å². The molecule has 4 atom stereocenters. The van der Waals surface area contributed by atoms with Crippen LogP contribution in [-0.2, 0) is 14.2 Å². The normalized spacial score (nSPS) is 22.9. The predicted molar refractivity (Wildman–Crippen MR) is 216 cm³/mol. The lowest BCUT2D eigenvalue weighted by Crippen LogP contribution is -2.54. The first kappa shape index (κ1) is 40.8. The van der Waals surface area contributed by atoms with Crippen LogP contribution in [0.5, 0.6) is 0 Å². The number of likely N-dealkylation sites (tertiary alicyclic amines) is 1. The number of benzene rings is 2. The van der Waals surface area contributed by atoms with Crippen molar-refractivity contribution in [2.45, 2.75) is 109 Å². The number of alkyl halides is 1.